The Morgan fingerprint density at radius 1 is 1.06 bits per heavy atom. The topological polar surface area (TPSA) is 136 Å². The highest BCUT2D eigenvalue weighted by atomic mass is 16.4. The Bertz CT molecular complexity index is 1290. The standard InChI is InChI=1S/C22H16N2O4.CH3NO/c25-20-17-11-16(15-9-5-2-6-10-15)21(26)24(13-14-7-3-1-4-8-14)18(17)12-23-19(20)22(27)28;2-1-3/h1-12,25H,13H2,(H,27,28);1H,(H2,2,3). The Hall–Kier alpha value is -4.46. The summed E-state index contributed by atoms with van der Waals surface area (Å²) < 4.78 is 1.51. The zero-order valence-electron chi connectivity index (χ0n) is 16.3. The number of benzene rings is 2. The van der Waals surface area contributed by atoms with Crippen LogP contribution in [-0.4, -0.2) is 32.1 Å². The lowest BCUT2D eigenvalue weighted by molar-refractivity contribution is -0.106. The number of carbonyl (C=O) groups is 2. The molecule has 156 valence electrons. The molecule has 0 aliphatic carbocycles. The van der Waals surface area contributed by atoms with Crippen LogP contribution in [0, 0.1) is 0 Å². The van der Waals surface area contributed by atoms with Gasteiger partial charge >= 0.3 is 5.97 Å². The van der Waals surface area contributed by atoms with E-state index in [1.807, 2.05) is 48.5 Å². The van der Waals surface area contributed by atoms with Gasteiger partial charge in [-0.2, -0.15) is 0 Å². The lowest BCUT2D eigenvalue weighted by Gasteiger charge is -2.14. The first-order chi connectivity index (χ1) is 15.0. The molecule has 2 aromatic carbocycles. The van der Waals surface area contributed by atoms with E-state index in [4.69, 9.17) is 4.79 Å². The molecule has 0 atom stereocenters. The van der Waals surface area contributed by atoms with Gasteiger partial charge < -0.3 is 20.5 Å². The van der Waals surface area contributed by atoms with Crippen LogP contribution in [0.1, 0.15) is 16.1 Å². The number of fused-ring (bicyclic) bond motifs is 1. The minimum absolute atomic E-state index is 0.244. The lowest BCUT2D eigenvalue weighted by Crippen LogP contribution is -2.23. The van der Waals surface area contributed by atoms with Gasteiger partial charge in [0, 0.05) is 10.9 Å². The maximum atomic E-state index is 13.3. The Labute approximate surface area is 176 Å². The number of primary amides is 1. The quantitative estimate of drug-likeness (QED) is 0.437. The van der Waals surface area contributed by atoms with Crippen LogP contribution in [-0.2, 0) is 11.3 Å². The molecule has 1 amide bonds. The van der Waals surface area contributed by atoms with Crippen LogP contribution in [0.25, 0.3) is 22.0 Å². The summed E-state index contributed by atoms with van der Waals surface area (Å²) in [5.74, 6) is -1.79. The van der Waals surface area contributed by atoms with Crippen molar-refractivity contribution < 1.29 is 19.8 Å². The molecule has 0 aliphatic rings. The molecule has 0 saturated heterocycles. The van der Waals surface area contributed by atoms with Gasteiger partial charge in [-0.15, -0.1) is 0 Å². The molecule has 8 nitrogen and oxygen atoms in total. The van der Waals surface area contributed by atoms with Gasteiger partial charge in [0.15, 0.2) is 11.4 Å². The highest BCUT2D eigenvalue weighted by molar-refractivity contribution is 5.98. The van der Waals surface area contributed by atoms with Gasteiger partial charge in [0.2, 0.25) is 6.41 Å². The third kappa shape index (κ3) is 4.43. The van der Waals surface area contributed by atoms with Gasteiger partial charge in [-0.1, -0.05) is 60.7 Å². The predicted octanol–water partition coefficient (Wildman–Crippen LogP) is 2.62. The molecule has 0 fully saturated rings. The fourth-order valence-corrected chi connectivity index (χ4v) is 3.23. The van der Waals surface area contributed by atoms with E-state index >= 15 is 0 Å². The summed E-state index contributed by atoms with van der Waals surface area (Å²) in [6.07, 6.45) is 1.57. The summed E-state index contributed by atoms with van der Waals surface area (Å²) in [6, 6.07) is 20.0. The van der Waals surface area contributed by atoms with Gasteiger partial charge in [0.05, 0.1) is 18.3 Å². The number of carboxylic acid groups (broad SMARTS) is 1. The van der Waals surface area contributed by atoms with Crippen LogP contribution >= 0.6 is 0 Å². The SMILES string of the molecule is NC=O.O=C(O)c1ncc2c(cc(-c3ccccc3)c(=O)n2Cc2ccccc2)c1O. The average molecular weight is 417 g/mol. The van der Waals surface area contributed by atoms with Crippen molar-refractivity contribution in [3.63, 3.8) is 0 Å². The maximum Gasteiger partial charge on any atom is 0.358 e. The van der Waals surface area contributed by atoms with Crippen molar-refractivity contribution in [2.75, 3.05) is 0 Å². The molecule has 2 aromatic heterocycles. The molecular weight excluding hydrogens is 398 g/mol. The van der Waals surface area contributed by atoms with E-state index in [1.165, 1.54) is 16.8 Å². The number of amides is 1. The molecule has 0 radical (unpaired) electrons. The number of nitrogens with zero attached hydrogens (tertiary/aromatic N) is 2. The average Bonchev–Trinajstić information content (AvgIpc) is 2.77. The smallest absolute Gasteiger partial charge is 0.358 e. The molecule has 31 heavy (non-hydrogen) atoms. The van der Waals surface area contributed by atoms with E-state index in [0.29, 0.717) is 16.6 Å². The van der Waals surface area contributed by atoms with Gasteiger partial charge in [0.25, 0.3) is 5.56 Å². The summed E-state index contributed by atoms with van der Waals surface area (Å²) in [5, 5.41) is 20.1. The number of carboxylic acids is 1. The molecule has 4 rings (SSSR count). The van der Waals surface area contributed by atoms with Gasteiger partial charge in [-0.3, -0.25) is 9.59 Å². The summed E-state index contributed by atoms with van der Waals surface area (Å²) in [5.41, 5.74) is 5.81. The number of rotatable bonds is 4. The number of carbonyl (C=O) groups excluding carboxylic acids is 1. The van der Waals surface area contributed by atoms with Crippen LogP contribution in [0.5, 0.6) is 5.75 Å². The van der Waals surface area contributed by atoms with Crippen molar-refractivity contribution in [2.24, 2.45) is 5.73 Å². The molecule has 4 N–H and O–H groups in total. The van der Waals surface area contributed by atoms with Crippen molar-refractivity contribution >= 4 is 23.3 Å². The summed E-state index contributed by atoms with van der Waals surface area (Å²) in [6.45, 7) is 0.268. The number of aromatic carboxylic acids is 1. The second-order valence-electron chi connectivity index (χ2n) is 6.50. The van der Waals surface area contributed by atoms with E-state index < -0.39 is 17.4 Å². The predicted molar refractivity (Wildman–Crippen MR) is 116 cm³/mol. The summed E-state index contributed by atoms with van der Waals surface area (Å²) in [7, 11) is 0. The Morgan fingerprint density at radius 2 is 1.65 bits per heavy atom. The molecule has 0 unspecified atom stereocenters. The van der Waals surface area contributed by atoms with Crippen molar-refractivity contribution in [1.29, 1.82) is 0 Å². The van der Waals surface area contributed by atoms with Crippen LogP contribution in [0.2, 0.25) is 0 Å². The maximum absolute atomic E-state index is 13.3. The van der Waals surface area contributed by atoms with Crippen LogP contribution < -0.4 is 11.3 Å². The van der Waals surface area contributed by atoms with E-state index in [1.54, 1.807) is 12.1 Å². The number of hydrogen-bond donors (Lipinski definition) is 3. The van der Waals surface area contributed by atoms with E-state index in [-0.39, 0.29) is 23.9 Å². The number of pyridine rings is 2. The number of nitrogens with two attached hydrogens (primary N) is 1. The van der Waals surface area contributed by atoms with Crippen molar-refractivity contribution in [1.82, 2.24) is 9.55 Å². The second-order valence-corrected chi connectivity index (χ2v) is 6.50. The molecule has 0 saturated carbocycles. The highest BCUT2D eigenvalue weighted by Gasteiger charge is 2.19. The molecule has 0 bridgehead atoms. The Balaban J connectivity index is 0.000000858. The van der Waals surface area contributed by atoms with Crippen LogP contribution in [0.15, 0.2) is 77.7 Å². The number of aromatic hydroxyl groups is 1. The first-order valence-electron chi connectivity index (χ1n) is 9.21. The first-order valence-corrected chi connectivity index (χ1v) is 9.21. The summed E-state index contributed by atoms with van der Waals surface area (Å²) >= 11 is 0. The van der Waals surface area contributed by atoms with E-state index in [0.717, 1.165) is 5.56 Å². The van der Waals surface area contributed by atoms with Crippen LogP contribution in [0.3, 0.4) is 0 Å². The van der Waals surface area contributed by atoms with Gasteiger partial charge in [-0.25, -0.2) is 9.78 Å². The van der Waals surface area contributed by atoms with Gasteiger partial charge in [-0.05, 0) is 17.2 Å². The Morgan fingerprint density at radius 3 is 2.23 bits per heavy atom. The molecule has 2 heterocycles. The first kappa shape index (κ1) is 21.3. The normalized spacial score (nSPS) is 10.2. The van der Waals surface area contributed by atoms with Crippen molar-refractivity contribution in [3.05, 3.63) is 94.5 Å². The minimum Gasteiger partial charge on any atom is -0.505 e. The molecule has 0 aliphatic heterocycles. The van der Waals surface area contributed by atoms with Crippen molar-refractivity contribution in [3.8, 4) is 16.9 Å². The molecular formula is C23H19N3O5. The van der Waals surface area contributed by atoms with Crippen LogP contribution in [0.4, 0.5) is 0 Å². The fourth-order valence-electron chi connectivity index (χ4n) is 3.23. The van der Waals surface area contributed by atoms with E-state index in [9.17, 15) is 19.8 Å². The summed E-state index contributed by atoms with van der Waals surface area (Å²) in [4.78, 5) is 37.1. The third-order valence-electron chi connectivity index (χ3n) is 4.60. The molecule has 4 aromatic rings. The second kappa shape index (κ2) is 9.36. The van der Waals surface area contributed by atoms with Crippen molar-refractivity contribution in [2.45, 2.75) is 6.54 Å². The third-order valence-corrected chi connectivity index (χ3v) is 4.60. The zero-order valence-corrected chi connectivity index (χ0v) is 16.3. The lowest BCUT2D eigenvalue weighted by atomic mass is 10.0. The number of hydrogen-bond acceptors (Lipinski definition) is 5. The zero-order chi connectivity index (χ0) is 22.4. The number of aromatic nitrogens is 2. The molecule has 0 spiro atoms. The molecule has 8 heteroatoms. The fraction of sp³-hybridized carbons (Fsp3) is 0.0435. The Kier molecular flexibility index (Phi) is 6.42. The highest BCUT2D eigenvalue weighted by Crippen LogP contribution is 2.30. The largest absolute Gasteiger partial charge is 0.505 e. The van der Waals surface area contributed by atoms with Gasteiger partial charge in [0.1, 0.15) is 0 Å². The monoisotopic (exact) mass is 417 g/mol. The van der Waals surface area contributed by atoms with E-state index in [2.05, 4.69) is 10.7 Å². The minimum atomic E-state index is -1.33.